The molecule has 0 fully saturated rings. The summed E-state index contributed by atoms with van der Waals surface area (Å²) in [5.74, 6) is -0.869. The number of halogens is 2. The lowest BCUT2D eigenvalue weighted by Gasteiger charge is -2.03. The average Bonchev–Trinajstić information content (AvgIpc) is 2.52. The molecule has 7 nitrogen and oxygen atoms in total. The largest absolute Gasteiger partial charge is 0.502 e. The molecule has 24 heavy (non-hydrogen) atoms. The predicted octanol–water partition coefficient (Wildman–Crippen LogP) is 3.52. The van der Waals surface area contributed by atoms with Crippen LogP contribution in [0.5, 0.6) is 5.75 Å². The van der Waals surface area contributed by atoms with Gasteiger partial charge in [-0.2, -0.15) is 5.10 Å². The van der Waals surface area contributed by atoms with Crippen LogP contribution in [0.2, 0.25) is 0 Å². The summed E-state index contributed by atoms with van der Waals surface area (Å²) in [7, 11) is 0. The zero-order valence-electron chi connectivity index (χ0n) is 12.1. The monoisotopic (exact) mass is 455 g/mol. The number of nitrogens with zero attached hydrogens (tertiary/aromatic N) is 2. The third kappa shape index (κ3) is 4.87. The third-order valence-corrected chi connectivity index (χ3v) is 3.94. The Labute approximate surface area is 153 Å². The summed E-state index contributed by atoms with van der Waals surface area (Å²) in [6.07, 6.45) is 1.28. The Bertz CT molecular complexity index is 807. The van der Waals surface area contributed by atoms with E-state index in [0.29, 0.717) is 4.47 Å². The van der Waals surface area contributed by atoms with Gasteiger partial charge in [0.05, 0.1) is 17.6 Å². The SMILES string of the molecule is O=C(Cc1ccc(Br)cc1)N/N=C\c1cc(Br)cc([N+](=O)[O-])c1O. The van der Waals surface area contributed by atoms with Crippen molar-refractivity contribution in [2.75, 3.05) is 0 Å². The Balaban J connectivity index is 2.05. The van der Waals surface area contributed by atoms with Gasteiger partial charge in [-0.15, -0.1) is 0 Å². The first-order valence-electron chi connectivity index (χ1n) is 6.60. The number of nitro benzene ring substituents is 1. The third-order valence-electron chi connectivity index (χ3n) is 2.95. The first-order chi connectivity index (χ1) is 11.4. The van der Waals surface area contributed by atoms with Gasteiger partial charge in [-0.05, 0) is 23.8 Å². The van der Waals surface area contributed by atoms with Crippen LogP contribution in [-0.2, 0) is 11.2 Å². The number of aromatic hydroxyl groups is 1. The molecule has 0 unspecified atom stereocenters. The minimum atomic E-state index is -0.705. The van der Waals surface area contributed by atoms with E-state index in [2.05, 4.69) is 42.4 Å². The predicted molar refractivity (Wildman–Crippen MR) is 96.0 cm³/mol. The number of hydrogen-bond donors (Lipinski definition) is 2. The number of phenols is 1. The molecule has 0 atom stereocenters. The van der Waals surface area contributed by atoms with E-state index in [1.165, 1.54) is 12.1 Å². The average molecular weight is 457 g/mol. The molecular formula is C15H11Br2N3O4. The molecule has 124 valence electrons. The van der Waals surface area contributed by atoms with Gasteiger partial charge in [0.15, 0.2) is 0 Å². The quantitative estimate of drug-likeness (QED) is 0.408. The summed E-state index contributed by atoms with van der Waals surface area (Å²) in [6, 6.07) is 9.88. The zero-order chi connectivity index (χ0) is 17.7. The van der Waals surface area contributed by atoms with Crippen molar-refractivity contribution >= 4 is 49.7 Å². The number of nitrogens with one attached hydrogen (secondary N) is 1. The van der Waals surface area contributed by atoms with E-state index in [9.17, 15) is 20.0 Å². The van der Waals surface area contributed by atoms with Crippen LogP contribution in [0.4, 0.5) is 5.69 Å². The molecule has 2 aromatic rings. The van der Waals surface area contributed by atoms with Gasteiger partial charge in [-0.3, -0.25) is 14.9 Å². The maximum Gasteiger partial charge on any atom is 0.312 e. The van der Waals surface area contributed by atoms with Gasteiger partial charge in [-0.25, -0.2) is 5.43 Å². The zero-order valence-corrected chi connectivity index (χ0v) is 15.2. The molecule has 0 saturated heterocycles. The number of hydrazone groups is 1. The number of phenolic OH excluding ortho intramolecular Hbond substituents is 1. The van der Waals surface area contributed by atoms with Gasteiger partial charge in [0.1, 0.15) is 0 Å². The number of hydrogen-bond acceptors (Lipinski definition) is 5. The summed E-state index contributed by atoms with van der Waals surface area (Å²) in [5, 5.41) is 24.4. The first kappa shape index (κ1) is 18.1. The lowest BCUT2D eigenvalue weighted by molar-refractivity contribution is -0.385. The van der Waals surface area contributed by atoms with Crippen LogP contribution >= 0.6 is 31.9 Å². The summed E-state index contributed by atoms with van der Waals surface area (Å²) in [4.78, 5) is 21.9. The number of carbonyl (C=O) groups excluding carboxylic acids is 1. The smallest absolute Gasteiger partial charge is 0.312 e. The minimum absolute atomic E-state index is 0.111. The van der Waals surface area contributed by atoms with Crippen molar-refractivity contribution in [2.24, 2.45) is 5.10 Å². The lowest BCUT2D eigenvalue weighted by atomic mass is 10.1. The van der Waals surface area contributed by atoms with Gasteiger partial charge >= 0.3 is 5.69 Å². The molecule has 0 bridgehead atoms. The van der Waals surface area contributed by atoms with Crippen LogP contribution in [0.1, 0.15) is 11.1 Å². The molecule has 2 N–H and O–H groups in total. The number of rotatable bonds is 5. The van der Waals surface area contributed by atoms with Gasteiger partial charge in [-0.1, -0.05) is 44.0 Å². The van der Waals surface area contributed by atoms with E-state index in [1.807, 2.05) is 12.1 Å². The molecule has 1 amide bonds. The highest BCUT2D eigenvalue weighted by molar-refractivity contribution is 9.10. The molecule has 0 aliphatic rings. The van der Waals surface area contributed by atoms with Crippen LogP contribution in [0, 0.1) is 10.1 Å². The summed E-state index contributed by atoms with van der Waals surface area (Å²) >= 11 is 6.43. The van der Waals surface area contributed by atoms with E-state index in [0.717, 1.165) is 16.3 Å². The maximum absolute atomic E-state index is 11.8. The Hall–Kier alpha value is -2.26. The summed E-state index contributed by atoms with van der Waals surface area (Å²) in [6.45, 7) is 0. The molecule has 0 aromatic heterocycles. The number of nitro groups is 1. The van der Waals surface area contributed by atoms with E-state index in [1.54, 1.807) is 12.1 Å². The Morgan fingerprint density at radius 3 is 2.54 bits per heavy atom. The fourth-order valence-corrected chi connectivity index (χ4v) is 2.57. The number of benzene rings is 2. The molecule has 2 aromatic carbocycles. The first-order valence-corrected chi connectivity index (χ1v) is 8.18. The molecule has 0 saturated carbocycles. The highest BCUT2D eigenvalue weighted by Crippen LogP contribution is 2.32. The van der Waals surface area contributed by atoms with Crippen LogP contribution in [0.3, 0.4) is 0 Å². The minimum Gasteiger partial charge on any atom is -0.502 e. The van der Waals surface area contributed by atoms with E-state index < -0.39 is 16.4 Å². The van der Waals surface area contributed by atoms with E-state index in [4.69, 9.17) is 0 Å². The van der Waals surface area contributed by atoms with E-state index in [-0.39, 0.29) is 17.9 Å². The molecule has 0 radical (unpaired) electrons. The Morgan fingerprint density at radius 1 is 1.25 bits per heavy atom. The van der Waals surface area contributed by atoms with Crippen LogP contribution < -0.4 is 5.43 Å². The fourth-order valence-electron chi connectivity index (χ4n) is 1.84. The molecule has 9 heteroatoms. The normalized spacial score (nSPS) is 10.8. The molecule has 0 aliphatic carbocycles. The van der Waals surface area contributed by atoms with Crippen molar-refractivity contribution in [1.82, 2.24) is 5.43 Å². The molecular weight excluding hydrogens is 446 g/mol. The summed E-state index contributed by atoms with van der Waals surface area (Å²) < 4.78 is 1.33. The second-order valence-electron chi connectivity index (χ2n) is 4.72. The van der Waals surface area contributed by atoms with E-state index >= 15 is 0 Å². The van der Waals surface area contributed by atoms with Crippen LogP contribution in [0.15, 0.2) is 50.4 Å². The molecule has 2 rings (SSSR count). The van der Waals surface area contributed by atoms with Crippen LogP contribution in [0.25, 0.3) is 0 Å². The molecule has 0 heterocycles. The second-order valence-corrected chi connectivity index (χ2v) is 6.55. The fraction of sp³-hybridized carbons (Fsp3) is 0.0667. The van der Waals surface area contributed by atoms with Crippen LogP contribution in [-0.4, -0.2) is 22.2 Å². The number of amides is 1. The number of carbonyl (C=O) groups is 1. The van der Waals surface area contributed by atoms with Crippen molar-refractivity contribution in [1.29, 1.82) is 0 Å². The van der Waals surface area contributed by atoms with Gasteiger partial charge < -0.3 is 5.11 Å². The highest BCUT2D eigenvalue weighted by Gasteiger charge is 2.17. The van der Waals surface area contributed by atoms with Crippen molar-refractivity contribution in [3.8, 4) is 5.75 Å². The summed E-state index contributed by atoms with van der Waals surface area (Å²) in [5.41, 5.74) is 2.78. The topological polar surface area (TPSA) is 105 Å². The van der Waals surface area contributed by atoms with Crippen molar-refractivity contribution < 1.29 is 14.8 Å². The standard InChI is InChI=1S/C15H11Br2N3O4/c16-11-3-1-9(2-4-11)5-14(21)19-18-8-10-6-12(17)7-13(15(10)22)20(23)24/h1-4,6-8,22H,5H2,(H,19,21)/b18-8-. The van der Waals surface area contributed by atoms with Gasteiger partial charge in [0, 0.05) is 20.6 Å². The Morgan fingerprint density at radius 2 is 1.92 bits per heavy atom. The molecule has 0 spiro atoms. The second kappa shape index (κ2) is 8.02. The van der Waals surface area contributed by atoms with Crippen molar-refractivity contribution in [2.45, 2.75) is 6.42 Å². The highest BCUT2D eigenvalue weighted by atomic mass is 79.9. The van der Waals surface area contributed by atoms with Gasteiger partial charge in [0.25, 0.3) is 0 Å². The van der Waals surface area contributed by atoms with Gasteiger partial charge in [0.2, 0.25) is 11.7 Å². The molecule has 0 aliphatic heterocycles. The van der Waals surface area contributed by atoms with Crippen molar-refractivity contribution in [3.63, 3.8) is 0 Å². The maximum atomic E-state index is 11.8. The van der Waals surface area contributed by atoms with Crippen molar-refractivity contribution in [3.05, 3.63) is 66.6 Å². The lowest BCUT2D eigenvalue weighted by Crippen LogP contribution is -2.19. The Kier molecular flexibility index (Phi) is 6.04.